The van der Waals surface area contributed by atoms with Crippen LogP contribution in [0.25, 0.3) is 17.1 Å². The first kappa shape index (κ1) is 17.8. The van der Waals surface area contributed by atoms with Gasteiger partial charge in [0.2, 0.25) is 0 Å². The van der Waals surface area contributed by atoms with Gasteiger partial charge in [0.05, 0.1) is 24.4 Å². The van der Waals surface area contributed by atoms with Gasteiger partial charge < -0.3 is 4.74 Å². The van der Waals surface area contributed by atoms with Crippen LogP contribution in [-0.4, -0.2) is 22.9 Å². The van der Waals surface area contributed by atoms with Gasteiger partial charge in [-0.1, -0.05) is 0 Å². The summed E-state index contributed by atoms with van der Waals surface area (Å²) in [4.78, 5) is 16.0. The predicted octanol–water partition coefficient (Wildman–Crippen LogP) is 3.35. The summed E-state index contributed by atoms with van der Waals surface area (Å²) < 4.78 is 7.28. The summed E-state index contributed by atoms with van der Waals surface area (Å²) in [6, 6.07) is 13.5. The van der Waals surface area contributed by atoms with E-state index in [1.807, 2.05) is 48.7 Å². The minimum Gasteiger partial charge on any atom is -0.496 e. The first-order valence-electron chi connectivity index (χ1n) is 7.99. The molecule has 0 amide bonds. The Morgan fingerprint density at radius 3 is 2.58 bits per heavy atom. The quantitative estimate of drug-likeness (QED) is 0.527. The van der Waals surface area contributed by atoms with Gasteiger partial charge in [-0.3, -0.25) is 9.36 Å². The summed E-state index contributed by atoms with van der Waals surface area (Å²) in [5.74, 6) is 1.46. The van der Waals surface area contributed by atoms with Gasteiger partial charge in [0.1, 0.15) is 17.3 Å². The lowest BCUT2D eigenvalue weighted by atomic mass is 10.1. The van der Waals surface area contributed by atoms with Crippen LogP contribution in [0.5, 0.6) is 5.75 Å². The van der Waals surface area contributed by atoms with Crippen molar-refractivity contribution in [3.8, 4) is 28.9 Å². The van der Waals surface area contributed by atoms with Crippen molar-refractivity contribution in [1.29, 1.82) is 5.26 Å². The Hall–Kier alpha value is -2.96. The van der Waals surface area contributed by atoms with Crippen molar-refractivity contribution in [1.82, 2.24) is 9.55 Å². The molecule has 3 aromatic rings. The topological polar surface area (TPSA) is 67.9 Å². The molecule has 1 atom stereocenters. The minimum atomic E-state index is 0.392. The Labute approximate surface area is 154 Å². The number of carbonyl (C=O) groups excluding carboxylic acids is 1. The Morgan fingerprint density at radius 2 is 2.00 bits per heavy atom. The van der Waals surface area contributed by atoms with Crippen LogP contribution in [0, 0.1) is 25.2 Å². The van der Waals surface area contributed by atoms with E-state index in [9.17, 15) is 4.79 Å². The van der Waals surface area contributed by atoms with E-state index < -0.39 is 0 Å². The SMILES string of the molecule is COc1ccc(-n2c(-c3ccc(C#N)c(P)c3)nc(C=O)c2C)cc1C. The van der Waals surface area contributed by atoms with Gasteiger partial charge in [-0.05, 0) is 61.1 Å². The highest BCUT2D eigenvalue weighted by Crippen LogP contribution is 2.29. The van der Waals surface area contributed by atoms with Gasteiger partial charge in [-0.2, -0.15) is 5.26 Å². The molecule has 5 nitrogen and oxygen atoms in total. The second kappa shape index (κ2) is 7.11. The van der Waals surface area contributed by atoms with E-state index in [1.165, 1.54) is 0 Å². The molecular weight excluding hydrogens is 345 g/mol. The Kier molecular flexibility index (Phi) is 4.88. The van der Waals surface area contributed by atoms with Crippen LogP contribution in [-0.2, 0) is 0 Å². The zero-order valence-electron chi connectivity index (χ0n) is 14.8. The van der Waals surface area contributed by atoms with Crippen LogP contribution in [0.3, 0.4) is 0 Å². The van der Waals surface area contributed by atoms with Crippen molar-refractivity contribution in [2.75, 3.05) is 7.11 Å². The lowest BCUT2D eigenvalue weighted by molar-refractivity contribution is 0.111. The fourth-order valence-electron chi connectivity index (χ4n) is 2.94. The molecule has 2 aromatic carbocycles. The maximum Gasteiger partial charge on any atom is 0.170 e. The standard InChI is InChI=1S/C20H18N3O2P/c1-12-8-16(6-7-18(12)25-3)23-13(2)17(11-24)22-20(23)14-4-5-15(10-21)19(26)9-14/h4-9,11H,26H2,1-3H3. The van der Waals surface area contributed by atoms with Gasteiger partial charge in [0.25, 0.3) is 0 Å². The normalized spacial score (nSPS) is 10.4. The molecule has 0 aliphatic rings. The van der Waals surface area contributed by atoms with Gasteiger partial charge in [0.15, 0.2) is 6.29 Å². The van der Waals surface area contributed by atoms with E-state index in [2.05, 4.69) is 20.3 Å². The lowest BCUT2D eigenvalue weighted by Gasteiger charge is -2.13. The number of nitriles is 1. The zero-order chi connectivity index (χ0) is 18.8. The molecule has 6 heteroatoms. The number of aldehydes is 1. The van der Waals surface area contributed by atoms with Gasteiger partial charge in [-0.25, -0.2) is 4.98 Å². The Bertz CT molecular complexity index is 1050. The molecule has 0 spiro atoms. The van der Waals surface area contributed by atoms with E-state index >= 15 is 0 Å². The van der Waals surface area contributed by atoms with Crippen LogP contribution in [0.15, 0.2) is 36.4 Å². The maximum atomic E-state index is 11.4. The molecule has 26 heavy (non-hydrogen) atoms. The van der Waals surface area contributed by atoms with Crippen molar-refractivity contribution < 1.29 is 9.53 Å². The lowest BCUT2D eigenvalue weighted by Crippen LogP contribution is -2.03. The molecule has 0 saturated carbocycles. The largest absolute Gasteiger partial charge is 0.496 e. The van der Waals surface area contributed by atoms with E-state index in [-0.39, 0.29) is 0 Å². The van der Waals surface area contributed by atoms with Crippen molar-refractivity contribution >= 4 is 20.8 Å². The van der Waals surface area contributed by atoms with E-state index in [0.717, 1.165) is 39.8 Å². The van der Waals surface area contributed by atoms with Crippen molar-refractivity contribution in [3.05, 3.63) is 58.9 Å². The predicted molar refractivity (Wildman–Crippen MR) is 104 cm³/mol. The highest BCUT2D eigenvalue weighted by molar-refractivity contribution is 7.27. The molecule has 0 radical (unpaired) electrons. The minimum absolute atomic E-state index is 0.392. The molecule has 0 saturated heterocycles. The smallest absolute Gasteiger partial charge is 0.170 e. The molecule has 0 aliphatic heterocycles. The number of hydrogen-bond acceptors (Lipinski definition) is 4. The first-order chi connectivity index (χ1) is 12.5. The summed E-state index contributed by atoms with van der Waals surface area (Å²) >= 11 is 0. The average Bonchev–Trinajstić information content (AvgIpc) is 2.98. The highest BCUT2D eigenvalue weighted by atomic mass is 31.0. The van der Waals surface area contributed by atoms with Gasteiger partial charge >= 0.3 is 0 Å². The van der Waals surface area contributed by atoms with Crippen molar-refractivity contribution in [2.45, 2.75) is 13.8 Å². The van der Waals surface area contributed by atoms with Gasteiger partial charge in [-0.15, -0.1) is 9.24 Å². The number of hydrogen-bond donors (Lipinski definition) is 0. The molecule has 1 aromatic heterocycles. The molecular formula is C20H18N3O2P. The number of nitrogens with zero attached hydrogens (tertiary/aromatic N) is 3. The molecule has 1 unspecified atom stereocenters. The summed E-state index contributed by atoms with van der Waals surface area (Å²) in [6.07, 6.45) is 0.761. The fraction of sp³-hybridized carbons (Fsp3) is 0.150. The van der Waals surface area contributed by atoms with Crippen molar-refractivity contribution in [2.24, 2.45) is 0 Å². The Balaban J connectivity index is 2.24. The number of benzene rings is 2. The number of aryl methyl sites for hydroxylation is 1. The molecule has 3 rings (SSSR count). The maximum absolute atomic E-state index is 11.4. The van der Waals surface area contributed by atoms with Crippen LogP contribution in [0.1, 0.15) is 27.3 Å². The fourth-order valence-corrected chi connectivity index (χ4v) is 3.29. The number of imidazole rings is 1. The Morgan fingerprint density at radius 1 is 1.23 bits per heavy atom. The monoisotopic (exact) mass is 363 g/mol. The van der Waals surface area contributed by atoms with E-state index in [4.69, 9.17) is 10.00 Å². The third-order valence-corrected chi connectivity index (χ3v) is 4.80. The third kappa shape index (κ3) is 3.00. The van der Waals surface area contributed by atoms with E-state index in [0.29, 0.717) is 17.1 Å². The van der Waals surface area contributed by atoms with Crippen LogP contribution < -0.4 is 10.0 Å². The van der Waals surface area contributed by atoms with Gasteiger partial charge in [0, 0.05) is 11.3 Å². The van der Waals surface area contributed by atoms with Crippen LogP contribution >= 0.6 is 9.24 Å². The number of methoxy groups -OCH3 is 1. The molecule has 0 fully saturated rings. The van der Waals surface area contributed by atoms with E-state index in [1.54, 1.807) is 13.2 Å². The second-order valence-corrected chi connectivity index (χ2v) is 6.55. The second-order valence-electron chi connectivity index (χ2n) is 5.93. The number of ether oxygens (including phenoxy) is 1. The molecule has 0 aliphatic carbocycles. The zero-order valence-corrected chi connectivity index (χ0v) is 15.9. The average molecular weight is 363 g/mol. The molecule has 130 valence electrons. The summed E-state index contributed by atoms with van der Waals surface area (Å²) in [7, 11) is 4.20. The summed E-state index contributed by atoms with van der Waals surface area (Å²) in [5, 5.41) is 9.92. The molecule has 1 heterocycles. The molecule has 0 bridgehead atoms. The summed E-state index contributed by atoms with van der Waals surface area (Å²) in [5.41, 5.74) is 4.45. The highest BCUT2D eigenvalue weighted by Gasteiger charge is 2.18. The van der Waals surface area contributed by atoms with Crippen LogP contribution in [0.4, 0.5) is 0 Å². The number of carbonyl (C=O) groups is 1. The van der Waals surface area contributed by atoms with Crippen molar-refractivity contribution in [3.63, 3.8) is 0 Å². The summed E-state index contributed by atoms with van der Waals surface area (Å²) in [6.45, 7) is 3.84. The van der Waals surface area contributed by atoms with Crippen LogP contribution in [0.2, 0.25) is 0 Å². The third-order valence-electron chi connectivity index (χ3n) is 4.32. The molecule has 0 N–H and O–H groups in total. The first-order valence-corrected chi connectivity index (χ1v) is 8.57. The number of rotatable bonds is 4. The number of aromatic nitrogens is 2.